The molecule has 0 unspecified atom stereocenters. The van der Waals surface area contributed by atoms with Crippen molar-refractivity contribution in [3.05, 3.63) is 84.7 Å². The molecule has 0 aliphatic rings. The highest BCUT2D eigenvalue weighted by Crippen LogP contribution is 2.45. The number of hydrogen-bond donors (Lipinski definition) is 2. The number of hydrogen-bond acceptors (Lipinski definition) is 6. The summed E-state index contributed by atoms with van der Waals surface area (Å²) >= 11 is 0. The molecular formula is C27H22F3N5O2. The Labute approximate surface area is 210 Å². The summed E-state index contributed by atoms with van der Waals surface area (Å²) in [5, 5.41) is 0.554. The van der Waals surface area contributed by atoms with E-state index in [2.05, 4.69) is 15.4 Å². The number of nitrogen functional groups attached to an aromatic ring is 1. The number of aromatic nitrogens is 3. The van der Waals surface area contributed by atoms with Crippen LogP contribution < -0.4 is 20.7 Å². The fourth-order valence-electron chi connectivity index (χ4n) is 4.36. The summed E-state index contributed by atoms with van der Waals surface area (Å²) in [5.41, 5.74) is 5.31. The molecule has 37 heavy (non-hydrogen) atoms. The van der Waals surface area contributed by atoms with Gasteiger partial charge in [0, 0.05) is 11.3 Å². The van der Waals surface area contributed by atoms with Crippen molar-refractivity contribution in [2.75, 3.05) is 19.6 Å². The molecule has 0 saturated heterocycles. The van der Waals surface area contributed by atoms with Crippen molar-refractivity contribution in [2.24, 2.45) is 5.84 Å². The van der Waals surface area contributed by atoms with E-state index in [1.165, 1.54) is 12.4 Å². The Morgan fingerprint density at radius 1 is 0.838 bits per heavy atom. The van der Waals surface area contributed by atoms with Crippen LogP contribution in [0.5, 0.6) is 11.5 Å². The van der Waals surface area contributed by atoms with E-state index in [-0.39, 0.29) is 5.69 Å². The minimum atomic E-state index is -4.52. The Balaban J connectivity index is 1.93. The van der Waals surface area contributed by atoms with Crippen LogP contribution in [0.15, 0.2) is 79.1 Å². The molecule has 0 amide bonds. The van der Waals surface area contributed by atoms with Gasteiger partial charge in [-0.25, -0.2) is 15.8 Å². The van der Waals surface area contributed by atoms with Crippen molar-refractivity contribution < 1.29 is 22.6 Å². The van der Waals surface area contributed by atoms with Gasteiger partial charge in [-0.15, -0.1) is 0 Å². The Morgan fingerprint density at radius 2 is 1.46 bits per heavy atom. The van der Waals surface area contributed by atoms with Gasteiger partial charge in [-0.05, 0) is 65.7 Å². The molecule has 188 valence electrons. The lowest BCUT2D eigenvalue weighted by atomic mass is 9.98. The second-order valence-corrected chi connectivity index (χ2v) is 8.13. The number of methoxy groups -OCH3 is 2. The number of nitrogens with zero attached hydrogens (tertiary/aromatic N) is 3. The minimum absolute atomic E-state index is 0.284. The number of nitrogens with two attached hydrogens (primary N) is 1. The molecule has 7 nitrogen and oxygen atoms in total. The van der Waals surface area contributed by atoms with Gasteiger partial charge in [0.1, 0.15) is 17.8 Å². The Hall–Kier alpha value is -4.57. The third-order valence-corrected chi connectivity index (χ3v) is 6.06. The fraction of sp³-hybridized carbons (Fsp3) is 0.111. The fourth-order valence-corrected chi connectivity index (χ4v) is 4.36. The summed E-state index contributed by atoms with van der Waals surface area (Å²) in [7, 11) is 3.13. The molecule has 0 radical (unpaired) electrons. The molecule has 0 fully saturated rings. The van der Waals surface area contributed by atoms with Crippen LogP contribution in [0, 0.1) is 0 Å². The molecule has 0 bridgehead atoms. The van der Waals surface area contributed by atoms with Crippen LogP contribution in [0.3, 0.4) is 0 Å². The van der Waals surface area contributed by atoms with Crippen LogP contribution >= 0.6 is 0 Å². The number of ether oxygens (including phenoxy) is 2. The second-order valence-electron chi connectivity index (χ2n) is 8.13. The van der Waals surface area contributed by atoms with E-state index in [0.717, 1.165) is 23.3 Å². The average Bonchev–Trinajstić information content (AvgIpc) is 3.28. The molecule has 3 N–H and O–H groups in total. The second kappa shape index (κ2) is 9.47. The lowest BCUT2D eigenvalue weighted by Crippen LogP contribution is -2.09. The Bertz CT molecular complexity index is 1560. The summed E-state index contributed by atoms with van der Waals surface area (Å²) in [6.45, 7) is 0. The number of halogens is 3. The van der Waals surface area contributed by atoms with E-state index < -0.39 is 11.7 Å². The smallest absolute Gasteiger partial charge is 0.416 e. The standard InChI is InChI=1S/C27H22F3N5O2/c1-36-20-10-6-16(7-11-20)22-23-25(34-31)32-15-33-26(23)35(19-5-3-4-18(14-19)27(28,29)30)24(22)17-8-12-21(37-2)13-9-17/h3-15H,31H2,1-2H3,(H,32,33,34). The third-order valence-electron chi connectivity index (χ3n) is 6.06. The molecule has 0 atom stereocenters. The number of benzene rings is 3. The molecule has 3 aromatic carbocycles. The Morgan fingerprint density at radius 3 is 2.03 bits per heavy atom. The molecule has 0 aliphatic carbocycles. The zero-order chi connectivity index (χ0) is 26.2. The highest BCUT2D eigenvalue weighted by molar-refractivity contribution is 6.09. The SMILES string of the molecule is COc1ccc(-c2c(-c3ccc(OC)cc3)n(-c3cccc(C(F)(F)F)c3)c3ncnc(NN)c23)cc1. The monoisotopic (exact) mass is 505 g/mol. The van der Waals surface area contributed by atoms with Crippen molar-refractivity contribution in [1.29, 1.82) is 0 Å². The number of hydrazine groups is 1. The first-order valence-corrected chi connectivity index (χ1v) is 11.2. The van der Waals surface area contributed by atoms with E-state index in [0.29, 0.717) is 39.6 Å². The highest BCUT2D eigenvalue weighted by atomic mass is 19.4. The van der Waals surface area contributed by atoms with Crippen LogP contribution in [-0.4, -0.2) is 28.8 Å². The van der Waals surface area contributed by atoms with Crippen LogP contribution in [0.1, 0.15) is 5.56 Å². The van der Waals surface area contributed by atoms with Crippen molar-refractivity contribution in [2.45, 2.75) is 6.18 Å². The average molecular weight is 506 g/mol. The number of anilines is 1. The first kappa shape index (κ1) is 24.1. The zero-order valence-electron chi connectivity index (χ0n) is 19.9. The normalized spacial score (nSPS) is 11.5. The van der Waals surface area contributed by atoms with E-state index in [1.54, 1.807) is 49.1 Å². The van der Waals surface area contributed by atoms with Crippen LogP contribution in [0.25, 0.3) is 39.1 Å². The van der Waals surface area contributed by atoms with Crippen LogP contribution in [0.4, 0.5) is 19.0 Å². The van der Waals surface area contributed by atoms with Crippen LogP contribution in [-0.2, 0) is 6.18 Å². The zero-order valence-corrected chi connectivity index (χ0v) is 19.9. The van der Waals surface area contributed by atoms with Gasteiger partial charge in [0.2, 0.25) is 0 Å². The van der Waals surface area contributed by atoms with E-state index >= 15 is 0 Å². The van der Waals surface area contributed by atoms with Gasteiger partial charge in [0.25, 0.3) is 0 Å². The Kier molecular flexibility index (Phi) is 6.18. The van der Waals surface area contributed by atoms with Crippen LogP contribution in [0.2, 0.25) is 0 Å². The van der Waals surface area contributed by atoms with Gasteiger partial charge in [-0.3, -0.25) is 4.57 Å². The lowest BCUT2D eigenvalue weighted by Gasteiger charge is -2.15. The maximum absolute atomic E-state index is 13.7. The van der Waals surface area contributed by atoms with Gasteiger partial charge in [0.15, 0.2) is 11.5 Å². The predicted molar refractivity (Wildman–Crippen MR) is 136 cm³/mol. The number of alkyl halides is 3. The van der Waals surface area contributed by atoms with Crippen molar-refractivity contribution in [3.63, 3.8) is 0 Å². The summed E-state index contributed by atoms with van der Waals surface area (Å²) in [6.07, 6.45) is -3.20. The summed E-state index contributed by atoms with van der Waals surface area (Å²) < 4.78 is 53.4. The van der Waals surface area contributed by atoms with Gasteiger partial charge < -0.3 is 14.9 Å². The summed E-state index contributed by atoms with van der Waals surface area (Å²) in [4.78, 5) is 8.77. The topological polar surface area (TPSA) is 87.2 Å². The lowest BCUT2D eigenvalue weighted by molar-refractivity contribution is -0.137. The number of fused-ring (bicyclic) bond motifs is 1. The molecule has 0 spiro atoms. The molecule has 2 aromatic heterocycles. The van der Waals surface area contributed by atoms with Crippen molar-refractivity contribution in [3.8, 4) is 39.6 Å². The predicted octanol–water partition coefficient (Wildman–Crippen LogP) is 6.08. The quantitative estimate of drug-likeness (QED) is 0.215. The molecule has 10 heteroatoms. The highest BCUT2D eigenvalue weighted by Gasteiger charge is 2.32. The number of nitrogens with one attached hydrogen (secondary N) is 1. The third kappa shape index (κ3) is 4.31. The van der Waals surface area contributed by atoms with Crippen molar-refractivity contribution >= 4 is 16.9 Å². The molecule has 0 aliphatic heterocycles. The van der Waals surface area contributed by atoms with E-state index in [9.17, 15) is 13.2 Å². The molecule has 0 saturated carbocycles. The first-order valence-electron chi connectivity index (χ1n) is 11.2. The van der Waals surface area contributed by atoms with Gasteiger partial charge in [-0.1, -0.05) is 18.2 Å². The maximum atomic E-state index is 13.7. The maximum Gasteiger partial charge on any atom is 0.416 e. The summed E-state index contributed by atoms with van der Waals surface area (Å²) in [5.74, 6) is 7.46. The van der Waals surface area contributed by atoms with Crippen molar-refractivity contribution in [1.82, 2.24) is 14.5 Å². The number of rotatable bonds is 6. The molecule has 5 rings (SSSR count). The van der Waals surface area contributed by atoms with E-state index in [1.807, 2.05) is 24.3 Å². The summed E-state index contributed by atoms with van der Waals surface area (Å²) in [6, 6.07) is 19.7. The largest absolute Gasteiger partial charge is 0.497 e. The molecule has 2 heterocycles. The van der Waals surface area contributed by atoms with Gasteiger partial charge in [-0.2, -0.15) is 13.2 Å². The van der Waals surface area contributed by atoms with E-state index in [4.69, 9.17) is 15.3 Å². The first-order chi connectivity index (χ1) is 17.9. The van der Waals surface area contributed by atoms with Gasteiger partial charge >= 0.3 is 6.18 Å². The minimum Gasteiger partial charge on any atom is -0.497 e. The molecule has 5 aromatic rings. The molecular weight excluding hydrogens is 483 g/mol. The van der Waals surface area contributed by atoms with Gasteiger partial charge in [0.05, 0.1) is 30.9 Å².